The number of methoxy groups -OCH3 is 1. The van der Waals surface area contributed by atoms with E-state index in [2.05, 4.69) is 37.2 Å². The minimum Gasteiger partial charge on any atom is -0.364 e. The standard InChI is InChI=1S/C11H13Br2NO2/c1-16-7-14-11(15)9-4-2-3-8(5-12)10(9)6-13/h2-4H,5-7H2,1H3,(H,14,15). The Morgan fingerprint density at radius 2 is 2.12 bits per heavy atom. The van der Waals surface area contributed by atoms with Gasteiger partial charge in [-0.2, -0.15) is 0 Å². The van der Waals surface area contributed by atoms with Gasteiger partial charge in [0.25, 0.3) is 5.91 Å². The Labute approximate surface area is 112 Å². The molecule has 0 saturated heterocycles. The summed E-state index contributed by atoms with van der Waals surface area (Å²) >= 11 is 6.81. The van der Waals surface area contributed by atoms with Crippen molar-refractivity contribution in [2.75, 3.05) is 13.8 Å². The highest BCUT2D eigenvalue weighted by Gasteiger charge is 2.12. The molecule has 3 nitrogen and oxygen atoms in total. The molecule has 0 fully saturated rings. The van der Waals surface area contributed by atoms with E-state index in [1.54, 1.807) is 7.11 Å². The molecule has 88 valence electrons. The normalized spacial score (nSPS) is 10.2. The molecule has 0 radical (unpaired) electrons. The van der Waals surface area contributed by atoms with Crippen molar-refractivity contribution in [3.05, 3.63) is 34.9 Å². The van der Waals surface area contributed by atoms with Crippen LogP contribution in [-0.4, -0.2) is 19.7 Å². The van der Waals surface area contributed by atoms with Crippen LogP contribution in [0.25, 0.3) is 0 Å². The van der Waals surface area contributed by atoms with Gasteiger partial charge >= 0.3 is 0 Å². The molecule has 0 atom stereocenters. The van der Waals surface area contributed by atoms with Gasteiger partial charge in [0.1, 0.15) is 6.73 Å². The molecule has 0 aliphatic carbocycles. The largest absolute Gasteiger partial charge is 0.364 e. The summed E-state index contributed by atoms with van der Waals surface area (Å²) in [6.07, 6.45) is 0. The first kappa shape index (κ1) is 13.7. The SMILES string of the molecule is COCNC(=O)c1cccc(CBr)c1CBr. The van der Waals surface area contributed by atoms with Crippen molar-refractivity contribution in [3.8, 4) is 0 Å². The fraction of sp³-hybridized carbons (Fsp3) is 0.364. The molecule has 0 saturated carbocycles. The minimum absolute atomic E-state index is 0.112. The lowest BCUT2D eigenvalue weighted by Crippen LogP contribution is -2.26. The van der Waals surface area contributed by atoms with Crippen LogP contribution in [-0.2, 0) is 15.4 Å². The van der Waals surface area contributed by atoms with Crippen LogP contribution in [0, 0.1) is 0 Å². The van der Waals surface area contributed by atoms with E-state index in [1.165, 1.54) is 0 Å². The molecule has 1 aromatic carbocycles. The lowest BCUT2D eigenvalue weighted by Gasteiger charge is -2.11. The summed E-state index contributed by atoms with van der Waals surface area (Å²) in [5, 5.41) is 4.07. The third-order valence-corrected chi connectivity index (χ3v) is 3.34. The maximum atomic E-state index is 11.8. The van der Waals surface area contributed by atoms with Crippen molar-refractivity contribution in [1.29, 1.82) is 0 Å². The molecule has 0 heterocycles. The highest BCUT2D eigenvalue weighted by atomic mass is 79.9. The van der Waals surface area contributed by atoms with Crippen LogP contribution >= 0.6 is 31.9 Å². The topological polar surface area (TPSA) is 38.3 Å². The van der Waals surface area contributed by atoms with Crippen LogP contribution in [0.4, 0.5) is 0 Å². The fourth-order valence-corrected chi connectivity index (χ4v) is 2.55. The van der Waals surface area contributed by atoms with Crippen molar-refractivity contribution in [2.24, 2.45) is 0 Å². The second-order valence-corrected chi connectivity index (χ2v) is 4.27. The van der Waals surface area contributed by atoms with Crippen LogP contribution in [0.3, 0.4) is 0 Å². The Kier molecular flexibility index (Phi) is 6.01. The molecule has 16 heavy (non-hydrogen) atoms. The molecule has 0 aliphatic heterocycles. The van der Waals surface area contributed by atoms with E-state index < -0.39 is 0 Å². The highest BCUT2D eigenvalue weighted by Crippen LogP contribution is 2.20. The van der Waals surface area contributed by atoms with E-state index >= 15 is 0 Å². The second-order valence-electron chi connectivity index (χ2n) is 3.15. The first-order chi connectivity index (χ1) is 7.74. The number of hydrogen-bond donors (Lipinski definition) is 1. The number of nitrogens with one attached hydrogen (secondary N) is 1. The second kappa shape index (κ2) is 7.04. The number of hydrogen-bond acceptors (Lipinski definition) is 2. The van der Waals surface area contributed by atoms with Gasteiger partial charge in [-0.05, 0) is 17.2 Å². The summed E-state index contributed by atoms with van der Waals surface area (Å²) in [5.74, 6) is -0.112. The Hall–Kier alpha value is -0.390. The van der Waals surface area contributed by atoms with Crippen LogP contribution in [0.15, 0.2) is 18.2 Å². The van der Waals surface area contributed by atoms with Crippen molar-refractivity contribution in [3.63, 3.8) is 0 Å². The number of rotatable bonds is 5. The summed E-state index contributed by atoms with van der Waals surface area (Å²) in [7, 11) is 1.54. The molecule has 0 aliphatic rings. The molecule has 1 aromatic rings. The summed E-state index contributed by atoms with van der Waals surface area (Å²) < 4.78 is 4.81. The first-order valence-electron chi connectivity index (χ1n) is 4.74. The number of benzene rings is 1. The van der Waals surface area contributed by atoms with Gasteiger partial charge in [-0.15, -0.1) is 0 Å². The zero-order valence-corrected chi connectivity index (χ0v) is 12.1. The molecule has 0 unspecified atom stereocenters. The Morgan fingerprint density at radius 1 is 1.38 bits per heavy atom. The van der Waals surface area contributed by atoms with E-state index in [0.717, 1.165) is 16.5 Å². The third-order valence-electron chi connectivity index (χ3n) is 2.17. The molecular weight excluding hydrogens is 338 g/mol. The molecule has 1 N–H and O–H groups in total. The number of carbonyl (C=O) groups excluding carboxylic acids is 1. The quantitative estimate of drug-likeness (QED) is 0.655. The summed E-state index contributed by atoms with van der Waals surface area (Å²) in [6.45, 7) is 0.221. The number of amides is 1. The molecule has 0 spiro atoms. The molecular formula is C11H13Br2NO2. The Bertz CT molecular complexity index is 369. The third kappa shape index (κ3) is 3.30. The number of ether oxygens (including phenoxy) is 1. The zero-order valence-electron chi connectivity index (χ0n) is 8.93. The van der Waals surface area contributed by atoms with E-state index in [-0.39, 0.29) is 12.6 Å². The Morgan fingerprint density at radius 3 is 2.69 bits per heavy atom. The van der Waals surface area contributed by atoms with Crippen LogP contribution in [0.2, 0.25) is 0 Å². The van der Waals surface area contributed by atoms with Gasteiger partial charge in [-0.1, -0.05) is 44.0 Å². The lowest BCUT2D eigenvalue weighted by molar-refractivity contribution is 0.0871. The van der Waals surface area contributed by atoms with Crippen LogP contribution in [0.1, 0.15) is 21.5 Å². The number of carbonyl (C=O) groups is 1. The van der Waals surface area contributed by atoms with E-state index in [4.69, 9.17) is 4.74 Å². The summed E-state index contributed by atoms with van der Waals surface area (Å²) in [5.41, 5.74) is 2.81. The van der Waals surface area contributed by atoms with Gasteiger partial charge in [0.05, 0.1) is 0 Å². The predicted molar refractivity (Wildman–Crippen MR) is 71.0 cm³/mol. The van der Waals surface area contributed by atoms with Gasteiger partial charge < -0.3 is 10.1 Å². The number of halogens is 2. The van der Waals surface area contributed by atoms with Crippen molar-refractivity contribution in [1.82, 2.24) is 5.32 Å². The number of alkyl halides is 2. The summed E-state index contributed by atoms with van der Waals surface area (Å²) in [6, 6.07) is 5.69. The Balaban J connectivity index is 2.98. The first-order valence-corrected chi connectivity index (χ1v) is 6.98. The van der Waals surface area contributed by atoms with E-state index in [9.17, 15) is 4.79 Å². The average Bonchev–Trinajstić information content (AvgIpc) is 2.34. The van der Waals surface area contributed by atoms with Crippen molar-refractivity contribution < 1.29 is 9.53 Å². The van der Waals surface area contributed by atoms with Crippen LogP contribution in [0.5, 0.6) is 0 Å². The molecule has 0 aromatic heterocycles. The average molecular weight is 351 g/mol. The molecule has 1 amide bonds. The predicted octanol–water partition coefficient (Wildman–Crippen LogP) is 2.81. The molecule has 5 heteroatoms. The maximum Gasteiger partial charge on any atom is 0.253 e. The molecule has 0 bridgehead atoms. The fourth-order valence-electron chi connectivity index (χ4n) is 1.36. The monoisotopic (exact) mass is 349 g/mol. The van der Waals surface area contributed by atoms with Crippen molar-refractivity contribution in [2.45, 2.75) is 10.7 Å². The highest BCUT2D eigenvalue weighted by molar-refractivity contribution is 9.09. The van der Waals surface area contributed by atoms with Gasteiger partial charge in [-0.25, -0.2) is 0 Å². The van der Waals surface area contributed by atoms with Crippen molar-refractivity contribution >= 4 is 37.8 Å². The summed E-state index contributed by atoms with van der Waals surface area (Å²) in [4.78, 5) is 11.8. The molecule has 1 rings (SSSR count). The zero-order chi connectivity index (χ0) is 12.0. The minimum atomic E-state index is -0.112. The maximum absolute atomic E-state index is 11.8. The smallest absolute Gasteiger partial charge is 0.253 e. The van der Waals surface area contributed by atoms with E-state index in [0.29, 0.717) is 10.9 Å². The van der Waals surface area contributed by atoms with E-state index in [1.807, 2.05) is 18.2 Å². The van der Waals surface area contributed by atoms with Gasteiger partial charge in [0.2, 0.25) is 0 Å². The van der Waals surface area contributed by atoms with Crippen LogP contribution < -0.4 is 5.32 Å². The van der Waals surface area contributed by atoms with Gasteiger partial charge in [0.15, 0.2) is 0 Å². The van der Waals surface area contributed by atoms with Gasteiger partial charge in [-0.3, -0.25) is 4.79 Å². The van der Waals surface area contributed by atoms with Gasteiger partial charge in [0, 0.05) is 23.3 Å². The lowest BCUT2D eigenvalue weighted by atomic mass is 10.0.